The molecule has 0 aliphatic heterocycles. The maximum absolute atomic E-state index is 5.66. The van der Waals surface area contributed by atoms with Crippen molar-refractivity contribution in [1.29, 1.82) is 0 Å². The lowest BCUT2D eigenvalue weighted by molar-refractivity contribution is 0.0141. The predicted octanol–water partition coefficient (Wildman–Crippen LogP) is 4.18. The molecule has 2 bridgehead atoms. The molecular formula is C16H26O. The van der Waals surface area contributed by atoms with Gasteiger partial charge in [0.1, 0.15) is 0 Å². The van der Waals surface area contributed by atoms with E-state index in [1.807, 2.05) is 7.11 Å². The van der Waals surface area contributed by atoms with Gasteiger partial charge in [0.05, 0.1) is 6.10 Å². The Labute approximate surface area is 106 Å². The Balaban J connectivity index is 2.14. The Morgan fingerprint density at radius 2 is 1.88 bits per heavy atom. The molecule has 0 unspecified atom stereocenters. The summed E-state index contributed by atoms with van der Waals surface area (Å²) in [7, 11) is 1.86. The van der Waals surface area contributed by atoms with Crippen LogP contribution < -0.4 is 0 Å². The van der Waals surface area contributed by atoms with Crippen molar-refractivity contribution in [1.82, 2.24) is 0 Å². The van der Waals surface area contributed by atoms with Crippen LogP contribution in [-0.2, 0) is 4.74 Å². The van der Waals surface area contributed by atoms with Gasteiger partial charge in [-0.1, -0.05) is 39.3 Å². The van der Waals surface area contributed by atoms with E-state index < -0.39 is 0 Å². The van der Waals surface area contributed by atoms with E-state index in [9.17, 15) is 0 Å². The van der Waals surface area contributed by atoms with Crippen molar-refractivity contribution in [2.24, 2.45) is 22.2 Å². The van der Waals surface area contributed by atoms with Crippen molar-refractivity contribution in [3.05, 3.63) is 11.6 Å². The van der Waals surface area contributed by atoms with Gasteiger partial charge in [-0.3, -0.25) is 0 Å². The molecule has 2 saturated carbocycles. The SMILES string of the molecule is CO[C@H]1C=C2C(C)(C)[C@H]3CC[C@@]2(C3)C(C)(C)C1. The quantitative estimate of drug-likeness (QED) is 0.618. The fourth-order valence-electron chi connectivity index (χ4n) is 5.19. The summed E-state index contributed by atoms with van der Waals surface area (Å²) in [6.45, 7) is 9.85. The second kappa shape index (κ2) is 3.17. The van der Waals surface area contributed by atoms with E-state index in [1.54, 1.807) is 5.57 Å². The number of ether oxygens (including phenoxy) is 1. The predicted molar refractivity (Wildman–Crippen MR) is 70.8 cm³/mol. The summed E-state index contributed by atoms with van der Waals surface area (Å²) in [6.07, 6.45) is 8.28. The standard InChI is InChI=1S/C16H26O/c1-14(2)10-12(17-5)8-13-15(3,4)11-6-7-16(13,14)9-11/h8,11-12H,6-7,9-10H2,1-5H3/t11-,12-,16-/m0/s1. The van der Waals surface area contributed by atoms with Gasteiger partial charge < -0.3 is 4.74 Å². The first kappa shape index (κ1) is 11.8. The fraction of sp³-hybridized carbons (Fsp3) is 0.875. The summed E-state index contributed by atoms with van der Waals surface area (Å²) < 4.78 is 5.66. The van der Waals surface area contributed by atoms with Crippen LogP contribution in [0.5, 0.6) is 0 Å². The van der Waals surface area contributed by atoms with Crippen LogP contribution in [0.1, 0.15) is 53.4 Å². The highest BCUT2D eigenvalue weighted by Crippen LogP contribution is 2.73. The molecule has 96 valence electrons. The minimum atomic E-state index is 0.337. The number of allylic oxidation sites excluding steroid dienone is 1. The highest BCUT2D eigenvalue weighted by molar-refractivity contribution is 5.38. The lowest BCUT2D eigenvalue weighted by atomic mass is 9.53. The van der Waals surface area contributed by atoms with Gasteiger partial charge in [-0.05, 0) is 47.8 Å². The van der Waals surface area contributed by atoms with Crippen molar-refractivity contribution < 1.29 is 4.74 Å². The highest BCUT2D eigenvalue weighted by atomic mass is 16.5. The first-order chi connectivity index (χ1) is 7.83. The molecule has 0 aromatic heterocycles. The molecule has 0 saturated heterocycles. The molecular weight excluding hydrogens is 208 g/mol. The van der Waals surface area contributed by atoms with E-state index in [-0.39, 0.29) is 0 Å². The lowest BCUT2D eigenvalue weighted by Gasteiger charge is -2.52. The summed E-state index contributed by atoms with van der Waals surface area (Å²) in [5, 5.41) is 0. The van der Waals surface area contributed by atoms with Gasteiger partial charge in [0.15, 0.2) is 0 Å². The molecule has 1 spiro atoms. The second-order valence-electron chi connectivity index (χ2n) is 7.69. The van der Waals surface area contributed by atoms with Crippen molar-refractivity contribution in [2.45, 2.75) is 59.5 Å². The third kappa shape index (κ3) is 1.24. The number of hydrogen-bond acceptors (Lipinski definition) is 1. The lowest BCUT2D eigenvalue weighted by Crippen LogP contribution is -2.45. The van der Waals surface area contributed by atoms with Crippen LogP contribution in [-0.4, -0.2) is 13.2 Å². The van der Waals surface area contributed by atoms with E-state index in [0.29, 0.717) is 22.3 Å². The summed E-state index contributed by atoms with van der Waals surface area (Å²) in [5.74, 6) is 0.906. The fourth-order valence-corrected chi connectivity index (χ4v) is 5.19. The molecule has 17 heavy (non-hydrogen) atoms. The molecule has 0 radical (unpaired) electrons. The van der Waals surface area contributed by atoms with Gasteiger partial charge in [0, 0.05) is 7.11 Å². The molecule has 1 nitrogen and oxygen atoms in total. The Kier molecular flexibility index (Phi) is 2.20. The van der Waals surface area contributed by atoms with Crippen LogP contribution in [0.25, 0.3) is 0 Å². The summed E-state index contributed by atoms with van der Waals surface area (Å²) in [5.41, 5.74) is 3.03. The maximum Gasteiger partial charge on any atom is 0.0760 e. The Morgan fingerprint density at radius 3 is 2.53 bits per heavy atom. The molecule has 3 atom stereocenters. The van der Waals surface area contributed by atoms with Gasteiger partial charge in [-0.15, -0.1) is 0 Å². The van der Waals surface area contributed by atoms with Gasteiger partial charge in [-0.2, -0.15) is 0 Å². The molecule has 0 N–H and O–H groups in total. The van der Waals surface area contributed by atoms with Gasteiger partial charge in [0.2, 0.25) is 0 Å². The monoisotopic (exact) mass is 234 g/mol. The summed E-state index contributed by atoms with van der Waals surface area (Å²) in [6, 6.07) is 0. The van der Waals surface area contributed by atoms with Crippen molar-refractivity contribution in [3.63, 3.8) is 0 Å². The highest BCUT2D eigenvalue weighted by Gasteiger charge is 2.64. The average molecular weight is 234 g/mol. The van der Waals surface area contributed by atoms with Crippen LogP contribution in [0.2, 0.25) is 0 Å². The van der Waals surface area contributed by atoms with Crippen LogP contribution in [0, 0.1) is 22.2 Å². The minimum absolute atomic E-state index is 0.337. The third-order valence-electron chi connectivity index (χ3n) is 6.41. The maximum atomic E-state index is 5.66. The van der Waals surface area contributed by atoms with Crippen molar-refractivity contribution in [3.8, 4) is 0 Å². The number of fused-ring (bicyclic) bond motifs is 1. The van der Waals surface area contributed by atoms with Crippen LogP contribution in [0.4, 0.5) is 0 Å². The minimum Gasteiger partial charge on any atom is -0.377 e. The largest absolute Gasteiger partial charge is 0.377 e. The van der Waals surface area contributed by atoms with Crippen molar-refractivity contribution >= 4 is 0 Å². The molecule has 0 heterocycles. The van der Waals surface area contributed by atoms with E-state index in [4.69, 9.17) is 4.74 Å². The Hall–Kier alpha value is -0.300. The van der Waals surface area contributed by atoms with E-state index >= 15 is 0 Å². The molecule has 1 heteroatoms. The molecule has 0 aromatic carbocycles. The first-order valence-electron chi connectivity index (χ1n) is 7.09. The Bertz CT molecular complexity index is 377. The molecule has 2 fully saturated rings. The Morgan fingerprint density at radius 1 is 1.18 bits per heavy atom. The molecule has 0 aromatic rings. The van der Waals surface area contributed by atoms with E-state index in [0.717, 1.165) is 5.92 Å². The van der Waals surface area contributed by atoms with Gasteiger partial charge >= 0.3 is 0 Å². The zero-order valence-corrected chi connectivity index (χ0v) is 12.0. The topological polar surface area (TPSA) is 9.23 Å². The summed E-state index contributed by atoms with van der Waals surface area (Å²) >= 11 is 0. The first-order valence-corrected chi connectivity index (χ1v) is 7.09. The molecule has 3 rings (SSSR count). The molecule has 3 aliphatic rings. The van der Waals surface area contributed by atoms with E-state index in [2.05, 4.69) is 33.8 Å². The second-order valence-corrected chi connectivity index (χ2v) is 7.69. The van der Waals surface area contributed by atoms with Crippen LogP contribution in [0.15, 0.2) is 11.6 Å². The number of hydrogen-bond donors (Lipinski definition) is 0. The normalized spacial score (nSPS) is 45.6. The number of rotatable bonds is 1. The van der Waals surface area contributed by atoms with Crippen molar-refractivity contribution in [2.75, 3.05) is 7.11 Å². The average Bonchev–Trinajstić information content (AvgIpc) is 2.75. The van der Waals surface area contributed by atoms with Crippen LogP contribution in [0.3, 0.4) is 0 Å². The van der Waals surface area contributed by atoms with Crippen LogP contribution >= 0.6 is 0 Å². The molecule has 3 aliphatic carbocycles. The van der Waals surface area contributed by atoms with E-state index in [1.165, 1.54) is 25.7 Å². The smallest absolute Gasteiger partial charge is 0.0760 e. The molecule has 0 amide bonds. The van der Waals surface area contributed by atoms with Gasteiger partial charge in [0.25, 0.3) is 0 Å². The summed E-state index contributed by atoms with van der Waals surface area (Å²) in [4.78, 5) is 0. The van der Waals surface area contributed by atoms with Gasteiger partial charge in [-0.25, -0.2) is 0 Å². The zero-order valence-electron chi connectivity index (χ0n) is 12.0. The zero-order chi connectivity index (χ0) is 12.5. The number of methoxy groups -OCH3 is 1. The third-order valence-corrected chi connectivity index (χ3v) is 6.41.